The van der Waals surface area contributed by atoms with Crippen molar-refractivity contribution in [3.63, 3.8) is 0 Å². The van der Waals surface area contributed by atoms with Crippen molar-refractivity contribution in [3.05, 3.63) is 16.6 Å². The number of hydrogen-bond acceptors (Lipinski definition) is 4. The molecule has 1 aliphatic rings. The van der Waals surface area contributed by atoms with Crippen LogP contribution in [0.4, 0.5) is 0 Å². The maximum Gasteiger partial charge on any atom is 0.0795 e. The van der Waals surface area contributed by atoms with Gasteiger partial charge in [0.25, 0.3) is 0 Å². The van der Waals surface area contributed by atoms with Crippen LogP contribution in [0, 0.1) is 11.8 Å². The Morgan fingerprint density at radius 1 is 1.62 bits per heavy atom. The minimum atomic E-state index is 0.433. The normalized spacial score (nSPS) is 25.4. The fraction of sp³-hybridized carbons (Fsp3) is 0.750. The van der Waals surface area contributed by atoms with E-state index < -0.39 is 0 Å². The Kier molecular flexibility index (Phi) is 4.32. The number of ether oxygens (including phenoxy) is 1. The zero-order valence-corrected chi connectivity index (χ0v) is 10.8. The van der Waals surface area contributed by atoms with E-state index in [9.17, 15) is 0 Å². The first-order valence-electron chi connectivity index (χ1n) is 5.96. The molecule has 1 saturated heterocycles. The van der Waals surface area contributed by atoms with Gasteiger partial charge in [0.15, 0.2) is 0 Å². The third kappa shape index (κ3) is 3.03. The maximum atomic E-state index is 5.76. The summed E-state index contributed by atoms with van der Waals surface area (Å²) in [6.45, 7) is 7.32. The van der Waals surface area contributed by atoms with Gasteiger partial charge >= 0.3 is 0 Å². The second-order valence-electron chi connectivity index (χ2n) is 4.74. The highest BCUT2D eigenvalue weighted by atomic mass is 32.1. The molecule has 0 bridgehead atoms. The van der Waals surface area contributed by atoms with Gasteiger partial charge in [0.2, 0.25) is 0 Å². The van der Waals surface area contributed by atoms with E-state index in [1.807, 2.05) is 5.51 Å². The molecular weight excluding hydrogens is 220 g/mol. The molecule has 0 aromatic carbocycles. The molecule has 4 heteroatoms. The number of rotatable bonds is 5. The van der Waals surface area contributed by atoms with Crippen LogP contribution >= 0.6 is 11.3 Å². The van der Waals surface area contributed by atoms with Gasteiger partial charge in [0, 0.05) is 25.1 Å². The molecule has 16 heavy (non-hydrogen) atoms. The van der Waals surface area contributed by atoms with Crippen LogP contribution in [-0.4, -0.2) is 24.2 Å². The van der Waals surface area contributed by atoms with Crippen molar-refractivity contribution in [1.29, 1.82) is 0 Å². The Bertz CT molecular complexity index is 300. The van der Waals surface area contributed by atoms with Crippen LogP contribution in [-0.2, 0) is 11.3 Å². The Morgan fingerprint density at radius 2 is 2.50 bits per heavy atom. The highest BCUT2D eigenvalue weighted by Crippen LogP contribution is 2.26. The van der Waals surface area contributed by atoms with Crippen LogP contribution in [0.25, 0.3) is 0 Å². The molecule has 0 spiro atoms. The van der Waals surface area contributed by atoms with Gasteiger partial charge in [-0.1, -0.05) is 13.8 Å². The zero-order valence-electron chi connectivity index (χ0n) is 9.98. The molecule has 1 fully saturated rings. The largest absolute Gasteiger partial charge is 0.378 e. The summed E-state index contributed by atoms with van der Waals surface area (Å²) in [4.78, 5) is 4.26. The molecule has 0 amide bonds. The predicted octanol–water partition coefficient (Wildman–Crippen LogP) is 2.29. The minimum Gasteiger partial charge on any atom is -0.378 e. The Morgan fingerprint density at radius 3 is 3.19 bits per heavy atom. The molecule has 1 aliphatic heterocycles. The van der Waals surface area contributed by atoms with Gasteiger partial charge in [0.05, 0.1) is 17.3 Å². The second-order valence-corrected chi connectivity index (χ2v) is 5.46. The van der Waals surface area contributed by atoms with E-state index in [2.05, 4.69) is 29.5 Å². The monoisotopic (exact) mass is 240 g/mol. The lowest BCUT2D eigenvalue weighted by molar-refractivity contribution is 0.0539. The molecule has 0 saturated carbocycles. The first-order chi connectivity index (χ1) is 7.77. The van der Waals surface area contributed by atoms with E-state index in [0.717, 1.165) is 25.4 Å². The van der Waals surface area contributed by atoms with E-state index in [4.69, 9.17) is 4.74 Å². The maximum absolute atomic E-state index is 5.76. The van der Waals surface area contributed by atoms with Gasteiger partial charge < -0.3 is 10.1 Å². The van der Waals surface area contributed by atoms with Crippen LogP contribution in [0.5, 0.6) is 0 Å². The van der Waals surface area contributed by atoms with E-state index in [0.29, 0.717) is 17.9 Å². The standard InChI is InChI=1S/C12H20N2OS/c1-9(2)12-10(3-4-15-12)5-13-6-11-7-16-8-14-11/h7-10,12-13H,3-6H2,1-2H3. The summed E-state index contributed by atoms with van der Waals surface area (Å²) in [5.41, 5.74) is 3.03. The topological polar surface area (TPSA) is 34.1 Å². The molecular formula is C12H20N2OS. The summed E-state index contributed by atoms with van der Waals surface area (Å²) in [5, 5.41) is 5.57. The van der Waals surface area contributed by atoms with Crippen LogP contribution < -0.4 is 5.32 Å². The predicted molar refractivity (Wildman–Crippen MR) is 66.5 cm³/mol. The van der Waals surface area contributed by atoms with Crippen molar-refractivity contribution in [3.8, 4) is 0 Å². The molecule has 1 N–H and O–H groups in total. The van der Waals surface area contributed by atoms with Gasteiger partial charge in [-0.05, 0) is 18.3 Å². The van der Waals surface area contributed by atoms with Crippen molar-refractivity contribution in [2.45, 2.75) is 32.9 Å². The molecule has 2 atom stereocenters. The first kappa shape index (κ1) is 12.0. The van der Waals surface area contributed by atoms with Gasteiger partial charge in [-0.15, -0.1) is 11.3 Å². The van der Waals surface area contributed by atoms with Gasteiger partial charge in [-0.2, -0.15) is 0 Å². The molecule has 2 rings (SSSR count). The van der Waals surface area contributed by atoms with E-state index in [1.165, 1.54) is 6.42 Å². The van der Waals surface area contributed by atoms with Crippen LogP contribution in [0.2, 0.25) is 0 Å². The number of aromatic nitrogens is 1. The summed E-state index contributed by atoms with van der Waals surface area (Å²) in [5.74, 6) is 1.28. The molecule has 0 radical (unpaired) electrons. The fourth-order valence-corrected chi connectivity index (χ4v) is 2.88. The fourth-order valence-electron chi connectivity index (χ4n) is 2.32. The van der Waals surface area contributed by atoms with Gasteiger partial charge in [-0.3, -0.25) is 0 Å². The van der Waals surface area contributed by atoms with Crippen molar-refractivity contribution >= 4 is 11.3 Å². The second kappa shape index (κ2) is 5.75. The highest BCUT2D eigenvalue weighted by molar-refractivity contribution is 7.07. The smallest absolute Gasteiger partial charge is 0.0795 e. The summed E-state index contributed by atoms with van der Waals surface area (Å²) in [7, 11) is 0. The molecule has 0 aliphatic carbocycles. The van der Waals surface area contributed by atoms with Crippen molar-refractivity contribution in [2.75, 3.05) is 13.2 Å². The number of thiazole rings is 1. The van der Waals surface area contributed by atoms with Crippen molar-refractivity contribution < 1.29 is 4.74 Å². The molecule has 90 valence electrons. The van der Waals surface area contributed by atoms with Crippen molar-refractivity contribution in [1.82, 2.24) is 10.3 Å². The highest BCUT2D eigenvalue weighted by Gasteiger charge is 2.29. The molecule has 1 aromatic heterocycles. The summed E-state index contributed by atoms with van der Waals surface area (Å²) in [6.07, 6.45) is 1.62. The molecule has 2 unspecified atom stereocenters. The summed E-state index contributed by atoms with van der Waals surface area (Å²) < 4.78 is 5.76. The third-order valence-electron chi connectivity index (χ3n) is 3.12. The van der Waals surface area contributed by atoms with Crippen molar-refractivity contribution in [2.24, 2.45) is 11.8 Å². The van der Waals surface area contributed by atoms with E-state index >= 15 is 0 Å². The van der Waals surface area contributed by atoms with E-state index in [1.54, 1.807) is 11.3 Å². The average molecular weight is 240 g/mol. The first-order valence-corrected chi connectivity index (χ1v) is 6.91. The third-order valence-corrected chi connectivity index (χ3v) is 3.75. The number of nitrogens with zero attached hydrogens (tertiary/aromatic N) is 1. The Balaban J connectivity index is 1.73. The lowest BCUT2D eigenvalue weighted by Gasteiger charge is -2.22. The van der Waals surface area contributed by atoms with E-state index in [-0.39, 0.29) is 0 Å². The lowest BCUT2D eigenvalue weighted by atomic mass is 9.93. The average Bonchev–Trinajstić information content (AvgIpc) is 2.87. The van der Waals surface area contributed by atoms with Crippen LogP contribution in [0.3, 0.4) is 0 Å². The Hall–Kier alpha value is -0.450. The van der Waals surface area contributed by atoms with Gasteiger partial charge in [0.1, 0.15) is 0 Å². The zero-order chi connectivity index (χ0) is 11.4. The molecule has 1 aromatic rings. The minimum absolute atomic E-state index is 0.433. The molecule has 2 heterocycles. The summed E-state index contributed by atoms with van der Waals surface area (Å²) >= 11 is 1.65. The number of nitrogens with one attached hydrogen (secondary N) is 1. The molecule has 3 nitrogen and oxygen atoms in total. The SMILES string of the molecule is CC(C)C1OCCC1CNCc1cscn1. The quantitative estimate of drug-likeness (QED) is 0.857. The number of hydrogen-bond donors (Lipinski definition) is 1. The summed E-state index contributed by atoms with van der Waals surface area (Å²) in [6, 6.07) is 0. The van der Waals surface area contributed by atoms with Gasteiger partial charge in [-0.25, -0.2) is 4.98 Å². The lowest BCUT2D eigenvalue weighted by Crippen LogP contribution is -2.31. The van der Waals surface area contributed by atoms with Crippen LogP contribution in [0.1, 0.15) is 26.0 Å². The van der Waals surface area contributed by atoms with Crippen LogP contribution in [0.15, 0.2) is 10.9 Å². The Labute approximate surface area is 101 Å².